The molecule has 0 bridgehead atoms. The Bertz CT molecular complexity index is 630. The zero-order valence-electron chi connectivity index (χ0n) is 13.9. The molecule has 0 fully saturated rings. The highest BCUT2D eigenvalue weighted by Crippen LogP contribution is 2.18. The molecule has 2 aromatic carbocycles. The van der Waals surface area contributed by atoms with Gasteiger partial charge in [-0.05, 0) is 68.3 Å². The number of aryl methyl sites for hydroxylation is 2. The van der Waals surface area contributed by atoms with Crippen molar-refractivity contribution in [1.29, 1.82) is 0 Å². The first kappa shape index (κ1) is 16.9. The van der Waals surface area contributed by atoms with Crippen LogP contribution in [0, 0.1) is 13.8 Å². The maximum Gasteiger partial charge on any atom is 0.227 e. The molecule has 0 aliphatic rings. The van der Waals surface area contributed by atoms with E-state index in [4.69, 9.17) is 9.47 Å². The maximum absolute atomic E-state index is 12.0. The summed E-state index contributed by atoms with van der Waals surface area (Å²) < 4.78 is 10.9. The number of rotatable bonds is 7. The lowest BCUT2D eigenvalue weighted by Gasteiger charge is -2.09. The van der Waals surface area contributed by atoms with E-state index < -0.39 is 0 Å². The van der Waals surface area contributed by atoms with Gasteiger partial charge in [0.05, 0.1) is 19.6 Å². The largest absolute Gasteiger partial charge is 0.494 e. The number of benzene rings is 2. The molecule has 0 atom stereocenters. The molecule has 0 saturated heterocycles. The number of hydrogen-bond donors (Lipinski definition) is 1. The van der Waals surface area contributed by atoms with Crippen LogP contribution in [0.25, 0.3) is 0 Å². The van der Waals surface area contributed by atoms with Gasteiger partial charge in [0.15, 0.2) is 0 Å². The van der Waals surface area contributed by atoms with Gasteiger partial charge in [0.1, 0.15) is 11.5 Å². The van der Waals surface area contributed by atoms with E-state index in [-0.39, 0.29) is 5.91 Å². The fourth-order valence-electron chi connectivity index (χ4n) is 2.33. The Labute approximate surface area is 137 Å². The molecule has 0 spiro atoms. The zero-order chi connectivity index (χ0) is 16.7. The van der Waals surface area contributed by atoms with Gasteiger partial charge in [-0.3, -0.25) is 4.79 Å². The lowest BCUT2D eigenvalue weighted by molar-refractivity contribution is -0.116. The number of ether oxygens (including phenoxy) is 2. The highest BCUT2D eigenvalue weighted by Gasteiger charge is 2.04. The molecule has 0 radical (unpaired) electrons. The Balaban J connectivity index is 1.78. The summed E-state index contributed by atoms with van der Waals surface area (Å²) in [7, 11) is 0. The van der Waals surface area contributed by atoms with Crippen molar-refractivity contribution in [3.05, 3.63) is 53.6 Å². The number of carbonyl (C=O) groups excluding carboxylic acids is 1. The zero-order valence-corrected chi connectivity index (χ0v) is 13.9. The van der Waals surface area contributed by atoms with E-state index in [1.54, 1.807) is 0 Å². The van der Waals surface area contributed by atoms with Crippen LogP contribution in [0.4, 0.5) is 5.69 Å². The predicted molar refractivity (Wildman–Crippen MR) is 92.3 cm³/mol. The Morgan fingerprint density at radius 3 is 2.09 bits per heavy atom. The van der Waals surface area contributed by atoms with Crippen molar-refractivity contribution >= 4 is 11.6 Å². The van der Waals surface area contributed by atoms with Crippen LogP contribution in [0.2, 0.25) is 0 Å². The van der Waals surface area contributed by atoms with Gasteiger partial charge >= 0.3 is 0 Å². The summed E-state index contributed by atoms with van der Waals surface area (Å²) in [5.74, 6) is 1.49. The van der Waals surface area contributed by atoms with Crippen LogP contribution < -0.4 is 14.8 Å². The van der Waals surface area contributed by atoms with Crippen molar-refractivity contribution in [3.63, 3.8) is 0 Å². The fraction of sp³-hybridized carbons (Fsp3) is 0.316. The molecule has 0 aliphatic heterocycles. The van der Waals surface area contributed by atoms with Gasteiger partial charge in [0.25, 0.3) is 0 Å². The van der Waals surface area contributed by atoms with Crippen molar-refractivity contribution in [1.82, 2.24) is 0 Å². The summed E-state index contributed by atoms with van der Waals surface area (Å²) in [5, 5.41) is 2.90. The number of carbonyl (C=O) groups is 1. The van der Waals surface area contributed by atoms with E-state index in [0.29, 0.717) is 19.6 Å². The summed E-state index contributed by atoms with van der Waals surface area (Å²) in [6, 6.07) is 13.4. The van der Waals surface area contributed by atoms with E-state index in [1.807, 2.05) is 57.2 Å². The highest BCUT2D eigenvalue weighted by atomic mass is 16.5. The van der Waals surface area contributed by atoms with Crippen LogP contribution >= 0.6 is 0 Å². The molecule has 1 amide bonds. The second-order valence-corrected chi connectivity index (χ2v) is 5.43. The Hall–Kier alpha value is -2.49. The predicted octanol–water partition coefficient (Wildman–Crippen LogP) is 4.11. The Morgan fingerprint density at radius 2 is 1.52 bits per heavy atom. The van der Waals surface area contributed by atoms with Crippen LogP contribution in [-0.2, 0) is 4.79 Å². The lowest BCUT2D eigenvalue weighted by atomic mass is 10.1. The second kappa shape index (κ2) is 8.22. The molecule has 122 valence electrons. The number of amides is 1. The third kappa shape index (κ3) is 5.66. The van der Waals surface area contributed by atoms with Gasteiger partial charge in [0.2, 0.25) is 5.91 Å². The third-order valence-electron chi connectivity index (χ3n) is 3.24. The van der Waals surface area contributed by atoms with E-state index in [9.17, 15) is 4.79 Å². The number of nitrogens with one attached hydrogen (secondary N) is 1. The van der Waals surface area contributed by atoms with Gasteiger partial charge in [-0.1, -0.05) is 6.07 Å². The van der Waals surface area contributed by atoms with Crippen molar-refractivity contribution < 1.29 is 14.3 Å². The van der Waals surface area contributed by atoms with E-state index in [2.05, 4.69) is 11.4 Å². The molecular weight excluding hydrogens is 290 g/mol. The van der Waals surface area contributed by atoms with E-state index >= 15 is 0 Å². The minimum atomic E-state index is -0.0547. The molecule has 2 aromatic rings. The fourth-order valence-corrected chi connectivity index (χ4v) is 2.33. The average molecular weight is 313 g/mol. The van der Waals surface area contributed by atoms with E-state index in [0.717, 1.165) is 28.3 Å². The molecule has 0 unspecified atom stereocenters. The first-order chi connectivity index (χ1) is 11.1. The molecule has 2 rings (SSSR count). The first-order valence-electron chi connectivity index (χ1n) is 7.80. The molecule has 0 heterocycles. The summed E-state index contributed by atoms with van der Waals surface area (Å²) >= 11 is 0. The van der Waals surface area contributed by atoms with Crippen molar-refractivity contribution in [2.75, 3.05) is 18.5 Å². The van der Waals surface area contributed by atoms with Crippen LogP contribution in [0.15, 0.2) is 42.5 Å². The van der Waals surface area contributed by atoms with Crippen LogP contribution in [0.5, 0.6) is 11.5 Å². The number of anilines is 1. The summed E-state index contributed by atoms with van der Waals surface area (Å²) in [6.45, 7) is 6.94. The van der Waals surface area contributed by atoms with E-state index in [1.165, 1.54) is 0 Å². The summed E-state index contributed by atoms with van der Waals surface area (Å²) in [6.07, 6.45) is 0.306. The monoisotopic (exact) mass is 313 g/mol. The SMILES string of the molecule is CCOc1ccc(OCCC(=O)Nc2cc(C)cc(C)c2)cc1. The normalized spacial score (nSPS) is 10.2. The lowest BCUT2D eigenvalue weighted by Crippen LogP contribution is -2.15. The molecule has 23 heavy (non-hydrogen) atoms. The topological polar surface area (TPSA) is 47.6 Å². The molecule has 4 nitrogen and oxygen atoms in total. The summed E-state index contributed by atoms with van der Waals surface area (Å²) in [5.41, 5.74) is 3.09. The highest BCUT2D eigenvalue weighted by molar-refractivity contribution is 5.90. The minimum absolute atomic E-state index is 0.0547. The second-order valence-electron chi connectivity index (χ2n) is 5.43. The number of hydrogen-bond acceptors (Lipinski definition) is 3. The van der Waals surface area contributed by atoms with Crippen LogP contribution in [-0.4, -0.2) is 19.1 Å². The van der Waals surface area contributed by atoms with Crippen molar-refractivity contribution in [2.45, 2.75) is 27.2 Å². The average Bonchev–Trinajstić information content (AvgIpc) is 2.48. The van der Waals surface area contributed by atoms with Crippen LogP contribution in [0.1, 0.15) is 24.5 Å². The maximum atomic E-state index is 12.0. The molecule has 0 saturated carbocycles. The van der Waals surface area contributed by atoms with Gasteiger partial charge in [-0.2, -0.15) is 0 Å². The quantitative estimate of drug-likeness (QED) is 0.837. The van der Waals surface area contributed by atoms with Gasteiger partial charge in [-0.15, -0.1) is 0 Å². The smallest absolute Gasteiger partial charge is 0.227 e. The summed E-state index contributed by atoms with van der Waals surface area (Å²) in [4.78, 5) is 12.0. The molecular formula is C19H23NO3. The molecule has 1 N–H and O–H groups in total. The van der Waals surface area contributed by atoms with Gasteiger partial charge < -0.3 is 14.8 Å². The molecule has 0 aromatic heterocycles. The minimum Gasteiger partial charge on any atom is -0.494 e. The van der Waals surface area contributed by atoms with Gasteiger partial charge in [0, 0.05) is 5.69 Å². The Kier molecular flexibility index (Phi) is 6.03. The van der Waals surface area contributed by atoms with Gasteiger partial charge in [-0.25, -0.2) is 0 Å². The third-order valence-corrected chi connectivity index (χ3v) is 3.24. The van der Waals surface area contributed by atoms with Crippen molar-refractivity contribution in [2.24, 2.45) is 0 Å². The Morgan fingerprint density at radius 1 is 0.957 bits per heavy atom. The first-order valence-corrected chi connectivity index (χ1v) is 7.80. The van der Waals surface area contributed by atoms with Crippen molar-refractivity contribution in [3.8, 4) is 11.5 Å². The van der Waals surface area contributed by atoms with Crippen LogP contribution in [0.3, 0.4) is 0 Å². The standard InChI is InChI=1S/C19H23NO3/c1-4-22-17-5-7-18(8-6-17)23-10-9-19(21)20-16-12-14(2)11-15(3)13-16/h5-8,11-13H,4,9-10H2,1-3H3,(H,20,21). The molecule has 0 aliphatic carbocycles. The molecule has 4 heteroatoms.